The maximum absolute atomic E-state index is 14.3. The van der Waals surface area contributed by atoms with Crippen molar-refractivity contribution >= 4 is 46.6 Å². The molecule has 0 radical (unpaired) electrons. The Kier molecular flexibility index (Phi) is 17.3. The van der Waals surface area contributed by atoms with Crippen molar-refractivity contribution in [2.75, 3.05) is 39.9 Å². The van der Waals surface area contributed by atoms with Gasteiger partial charge in [-0.3, -0.25) is 9.78 Å². The highest BCUT2D eigenvalue weighted by atomic mass is 32.1. The first-order valence-corrected chi connectivity index (χ1v) is 21.4. The Bertz CT molecular complexity index is 1820. The molecule has 1 saturated heterocycles. The summed E-state index contributed by atoms with van der Waals surface area (Å²) in [5.74, 6) is 0.0668. The normalized spacial score (nSPS) is 14.4. The highest BCUT2D eigenvalue weighted by molar-refractivity contribution is 7.09. The van der Waals surface area contributed by atoms with Crippen molar-refractivity contribution in [3.8, 4) is 0 Å². The number of hydrogen-bond acceptors (Lipinski definition) is 10. The van der Waals surface area contributed by atoms with E-state index in [1.165, 1.54) is 16.2 Å². The molecule has 15 heteroatoms. The Balaban J connectivity index is 1.28. The third-order valence-corrected chi connectivity index (χ3v) is 11.7. The van der Waals surface area contributed by atoms with E-state index in [1.54, 1.807) is 35.0 Å². The summed E-state index contributed by atoms with van der Waals surface area (Å²) in [5.41, 5.74) is 4.65. The maximum Gasteiger partial charge on any atom is 0.407 e. The Labute approximate surface area is 343 Å². The highest BCUT2D eigenvalue weighted by Crippen LogP contribution is 2.23. The summed E-state index contributed by atoms with van der Waals surface area (Å²) in [6, 6.07) is 18.3. The van der Waals surface area contributed by atoms with E-state index in [9.17, 15) is 19.2 Å². The van der Waals surface area contributed by atoms with Crippen LogP contribution in [-0.2, 0) is 40.3 Å². The molecule has 1 aliphatic heterocycles. The number of thiazole rings is 2. The maximum atomic E-state index is 14.3. The molecule has 3 heterocycles. The zero-order valence-electron chi connectivity index (χ0n) is 33.1. The number of alkyl carbamates (subject to hydrolysis) is 1. The summed E-state index contributed by atoms with van der Waals surface area (Å²) in [6.07, 6.45) is 4.04. The Morgan fingerprint density at radius 3 is 2.26 bits per heavy atom. The molecule has 0 aliphatic carbocycles. The van der Waals surface area contributed by atoms with E-state index in [0.29, 0.717) is 58.5 Å². The molecule has 4 aromatic rings. The lowest BCUT2D eigenvalue weighted by molar-refractivity contribution is -0.122. The molecule has 2 aromatic heterocycles. The van der Waals surface area contributed by atoms with Gasteiger partial charge in [0.15, 0.2) is 5.78 Å². The minimum Gasteiger partial charge on any atom is -0.444 e. The van der Waals surface area contributed by atoms with Gasteiger partial charge in [-0.15, -0.1) is 22.7 Å². The number of carbonyl (C=O) groups is 4. The minimum atomic E-state index is -0.843. The van der Waals surface area contributed by atoms with Gasteiger partial charge in [0.1, 0.15) is 6.61 Å². The average Bonchev–Trinajstić information content (AvgIpc) is 3.93. The molecule has 5 rings (SSSR count). The molecule has 0 saturated carbocycles. The molecule has 1 fully saturated rings. The van der Waals surface area contributed by atoms with Gasteiger partial charge in [0, 0.05) is 56.6 Å². The zero-order valence-corrected chi connectivity index (χ0v) is 34.7. The first kappa shape index (κ1) is 43.3. The fraction of sp³-hybridized carbons (Fsp3) is 0.476. The van der Waals surface area contributed by atoms with Gasteiger partial charge < -0.3 is 35.2 Å². The molecule has 2 aromatic carbocycles. The summed E-state index contributed by atoms with van der Waals surface area (Å²) in [7, 11) is 1.69. The van der Waals surface area contributed by atoms with Crippen molar-refractivity contribution in [1.82, 2.24) is 35.7 Å². The predicted molar refractivity (Wildman–Crippen MR) is 222 cm³/mol. The van der Waals surface area contributed by atoms with Gasteiger partial charge >= 0.3 is 18.2 Å². The summed E-state index contributed by atoms with van der Waals surface area (Å²) < 4.78 is 10.9. The number of Topliss-reactive ketones (excluding diaryl/α,β-unsaturated/α-hetero) is 1. The fourth-order valence-corrected chi connectivity index (χ4v) is 7.95. The molecule has 0 bridgehead atoms. The van der Waals surface area contributed by atoms with Crippen LogP contribution in [0, 0.1) is 5.92 Å². The van der Waals surface area contributed by atoms with Crippen molar-refractivity contribution in [2.45, 2.75) is 83.5 Å². The topological polar surface area (TPSA) is 155 Å². The Hall–Kier alpha value is -4.86. The van der Waals surface area contributed by atoms with Crippen LogP contribution in [0.15, 0.2) is 77.8 Å². The van der Waals surface area contributed by atoms with Crippen molar-refractivity contribution < 1.29 is 28.7 Å². The molecule has 0 unspecified atom stereocenters. The molecule has 13 nitrogen and oxygen atoms in total. The number of aromatic nitrogens is 2. The summed E-state index contributed by atoms with van der Waals surface area (Å²) >= 11 is 2.99. The van der Waals surface area contributed by atoms with Gasteiger partial charge in [0.25, 0.3) is 0 Å². The molecule has 3 N–H and O–H groups in total. The molecule has 0 spiro atoms. The van der Waals surface area contributed by atoms with E-state index in [-0.39, 0.29) is 55.7 Å². The Morgan fingerprint density at radius 1 is 0.912 bits per heavy atom. The van der Waals surface area contributed by atoms with Gasteiger partial charge in [0.2, 0.25) is 0 Å². The SMILES string of the molecule is CC(C)c1nc(CN(C)C(=O)N[C@@H](CCNC(=O)N2CCOCC2)C(=O)C[C@H](CC[C@H](Cc2ccccc2)NC(=O)OCc2cncs2)Cc2ccccc2)cs1. The van der Waals surface area contributed by atoms with E-state index in [4.69, 9.17) is 9.47 Å². The lowest BCUT2D eigenvalue weighted by Crippen LogP contribution is -2.50. The second-order valence-corrected chi connectivity index (χ2v) is 16.5. The largest absolute Gasteiger partial charge is 0.444 e. The van der Waals surface area contributed by atoms with Crippen molar-refractivity contribution in [1.29, 1.82) is 0 Å². The monoisotopic (exact) mass is 817 g/mol. The van der Waals surface area contributed by atoms with E-state index in [0.717, 1.165) is 26.7 Å². The van der Waals surface area contributed by atoms with Crippen LogP contribution in [0.1, 0.15) is 72.2 Å². The number of morpholine rings is 1. The van der Waals surface area contributed by atoms with Crippen LogP contribution in [0.25, 0.3) is 0 Å². The number of ether oxygens (including phenoxy) is 2. The van der Waals surface area contributed by atoms with Gasteiger partial charge in [0.05, 0.1) is 46.9 Å². The van der Waals surface area contributed by atoms with Crippen LogP contribution >= 0.6 is 22.7 Å². The minimum absolute atomic E-state index is 0.0993. The lowest BCUT2D eigenvalue weighted by atomic mass is 9.86. The van der Waals surface area contributed by atoms with E-state index < -0.39 is 18.2 Å². The number of hydrogen-bond donors (Lipinski definition) is 3. The van der Waals surface area contributed by atoms with Crippen LogP contribution in [0.4, 0.5) is 14.4 Å². The van der Waals surface area contributed by atoms with E-state index in [1.807, 2.05) is 66.0 Å². The number of carbonyl (C=O) groups excluding carboxylic acids is 4. The van der Waals surface area contributed by atoms with Crippen molar-refractivity contribution in [3.63, 3.8) is 0 Å². The highest BCUT2D eigenvalue weighted by Gasteiger charge is 2.27. The summed E-state index contributed by atoms with van der Waals surface area (Å²) in [5, 5.41) is 12.0. The quantitative estimate of drug-likeness (QED) is 0.0880. The van der Waals surface area contributed by atoms with Gasteiger partial charge in [-0.05, 0) is 49.1 Å². The number of nitrogens with zero attached hydrogens (tertiary/aromatic N) is 4. The van der Waals surface area contributed by atoms with Gasteiger partial charge in [-0.25, -0.2) is 19.4 Å². The number of ketones is 1. The summed E-state index contributed by atoms with van der Waals surface area (Å²) in [4.78, 5) is 66.7. The van der Waals surface area contributed by atoms with Crippen LogP contribution < -0.4 is 16.0 Å². The number of nitrogens with one attached hydrogen (secondary N) is 3. The van der Waals surface area contributed by atoms with E-state index in [2.05, 4.69) is 39.8 Å². The summed E-state index contributed by atoms with van der Waals surface area (Å²) in [6.45, 7) is 6.75. The molecule has 306 valence electrons. The van der Waals surface area contributed by atoms with Crippen LogP contribution in [0.3, 0.4) is 0 Å². The number of benzene rings is 2. The smallest absolute Gasteiger partial charge is 0.407 e. The van der Waals surface area contributed by atoms with Crippen LogP contribution in [0.2, 0.25) is 0 Å². The standard InChI is InChI=1S/C42H55N7O6S2/c1-30(2)39-45-35(28-56-39)26-48(3)41(52)47-37(16-17-44-40(51)49-18-20-54-21-19-49)38(50)24-33(22-31-10-6-4-7-11-31)14-15-34(23-32-12-8-5-9-13-32)46-42(53)55-27-36-25-43-29-57-36/h4-13,25,28-30,33-34,37H,14-24,26-27H2,1-3H3,(H,44,51)(H,46,53)(H,47,52)/t33-,34-,37+/m1/s1. The zero-order chi connectivity index (χ0) is 40.4. The number of amides is 5. The lowest BCUT2D eigenvalue weighted by Gasteiger charge is -2.28. The number of rotatable bonds is 20. The molecule has 5 amide bonds. The predicted octanol–water partition coefficient (Wildman–Crippen LogP) is 6.80. The average molecular weight is 818 g/mol. The third-order valence-electron chi connectivity index (χ3n) is 9.76. The Morgan fingerprint density at radius 2 is 1.61 bits per heavy atom. The first-order valence-electron chi connectivity index (χ1n) is 19.6. The van der Waals surface area contributed by atoms with E-state index >= 15 is 0 Å². The van der Waals surface area contributed by atoms with Crippen molar-refractivity contribution in [3.05, 3.63) is 104 Å². The molecule has 3 atom stereocenters. The fourth-order valence-electron chi connectivity index (χ4n) is 6.62. The number of urea groups is 2. The molecular formula is C42H55N7O6S2. The first-order chi connectivity index (χ1) is 27.6. The van der Waals surface area contributed by atoms with Crippen molar-refractivity contribution in [2.24, 2.45) is 5.92 Å². The van der Waals surface area contributed by atoms with Gasteiger partial charge in [-0.2, -0.15) is 0 Å². The van der Waals surface area contributed by atoms with Crippen LogP contribution in [-0.4, -0.2) is 95.7 Å². The molecule has 57 heavy (non-hydrogen) atoms. The molecule has 1 aliphatic rings. The molecular weight excluding hydrogens is 763 g/mol. The second-order valence-electron chi connectivity index (χ2n) is 14.7. The second kappa shape index (κ2) is 22.8. The van der Waals surface area contributed by atoms with Crippen LogP contribution in [0.5, 0.6) is 0 Å². The van der Waals surface area contributed by atoms with Gasteiger partial charge in [-0.1, -0.05) is 74.5 Å². The third kappa shape index (κ3) is 14.9.